The molecule has 0 aromatic heterocycles. The van der Waals surface area contributed by atoms with Gasteiger partial charge in [0.1, 0.15) is 11.4 Å². The number of benzene rings is 2. The van der Waals surface area contributed by atoms with Gasteiger partial charge in [0.25, 0.3) is 5.91 Å². The molecule has 6 nitrogen and oxygen atoms in total. The predicted octanol–water partition coefficient (Wildman–Crippen LogP) is 3.00. The van der Waals surface area contributed by atoms with Crippen molar-refractivity contribution in [3.05, 3.63) is 70.5 Å². The Balaban J connectivity index is 1.65. The highest BCUT2D eigenvalue weighted by atomic mass is 35.5. The topological polar surface area (TPSA) is 78.5 Å². The molecule has 3 rings (SSSR count). The van der Waals surface area contributed by atoms with Gasteiger partial charge in [0.15, 0.2) is 0 Å². The minimum absolute atomic E-state index is 0.000519. The van der Waals surface area contributed by atoms with Crippen molar-refractivity contribution in [1.82, 2.24) is 15.8 Å². The Hall–Kier alpha value is -2.93. The number of urea groups is 1. The number of rotatable bonds is 6. The monoisotopic (exact) mass is 403 g/mol. The highest BCUT2D eigenvalue weighted by Crippen LogP contribution is 2.23. The van der Waals surface area contributed by atoms with Crippen LogP contribution in [-0.4, -0.2) is 28.4 Å². The average molecular weight is 404 g/mol. The molecule has 0 spiro atoms. The summed E-state index contributed by atoms with van der Waals surface area (Å²) in [7, 11) is 0. The Morgan fingerprint density at radius 3 is 2.57 bits per heavy atom. The molecule has 2 aromatic carbocycles. The number of nitrogens with zero attached hydrogens (tertiary/aromatic N) is 1. The second kappa shape index (κ2) is 7.98. The van der Waals surface area contributed by atoms with Gasteiger partial charge in [0.05, 0.1) is 6.42 Å². The molecule has 1 heterocycles. The van der Waals surface area contributed by atoms with Crippen LogP contribution in [-0.2, 0) is 22.4 Å². The third-order valence-corrected chi connectivity index (χ3v) is 5.01. The van der Waals surface area contributed by atoms with Crippen molar-refractivity contribution in [3.8, 4) is 0 Å². The van der Waals surface area contributed by atoms with Gasteiger partial charge in [-0.25, -0.2) is 9.18 Å². The summed E-state index contributed by atoms with van der Waals surface area (Å²) >= 11 is 5.91. The lowest BCUT2D eigenvalue weighted by Gasteiger charge is -2.21. The van der Waals surface area contributed by atoms with Crippen LogP contribution in [0.15, 0.2) is 48.5 Å². The fourth-order valence-corrected chi connectivity index (χ4v) is 3.25. The number of aryl methyl sites for hydroxylation is 1. The lowest BCUT2D eigenvalue weighted by molar-refractivity contribution is -0.138. The van der Waals surface area contributed by atoms with E-state index in [-0.39, 0.29) is 10.6 Å². The van der Waals surface area contributed by atoms with E-state index in [2.05, 4.69) is 10.7 Å². The molecule has 1 aliphatic rings. The summed E-state index contributed by atoms with van der Waals surface area (Å²) in [6, 6.07) is 12.9. The molecular weight excluding hydrogens is 385 g/mol. The molecule has 1 aliphatic heterocycles. The number of imide groups is 1. The highest BCUT2D eigenvalue weighted by Gasteiger charge is 2.48. The van der Waals surface area contributed by atoms with E-state index in [0.717, 1.165) is 5.56 Å². The molecule has 2 aromatic rings. The first-order chi connectivity index (χ1) is 13.3. The quantitative estimate of drug-likeness (QED) is 0.728. The number of halogens is 2. The number of amides is 4. The Morgan fingerprint density at radius 2 is 1.89 bits per heavy atom. The zero-order valence-electron chi connectivity index (χ0n) is 15.2. The highest BCUT2D eigenvalue weighted by molar-refractivity contribution is 6.31. The van der Waals surface area contributed by atoms with Gasteiger partial charge < -0.3 is 5.32 Å². The molecule has 0 aliphatic carbocycles. The first-order valence-electron chi connectivity index (χ1n) is 8.73. The van der Waals surface area contributed by atoms with Crippen LogP contribution in [0.5, 0.6) is 0 Å². The largest absolute Gasteiger partial charge is 0.344 e. The third kappa shape index (κ3) is 4.14. The zero-order chi connectivity index (χ0) is 20.3. The van der Waals surface area contributed by atoms with Gasteiger partial charge in [0.2, 0.25) is 5.91 Å². The fourth-order valence-electron chi connectivity index (χ4n) is 3.02. The Kier molecular flexibility index (Phi) is 5.65. The third-order valence-electron chi connectivity index (χ3n) is 4.65. The second-order valence-corrected chi connectivity index (χ2v) is 7.21. The van der Waals surface area contributed by atoms with Crippen LogP contribution in [0.1, 0.15) is 24.5 Å². The summed E-state index contributed by atoms with van der Waals surface area (Å²) in [5.74, 6) is -1.92. The number of carbonyl (C=O) groups excluding carboxylic acids is 3. The molecule has 8 heteroatoms. The summed E-state index contributed by atoms with van der Waals surface area (Å²) in [6.07, 6.45) is 0.548. The molecule has 28 heavy (non-hydrogen) atoms. The summed E-state index contributed by atoms with van der Waals surface area (Å²) < 4.78 is 13.8. The SMILES string of the molecule is CC1(CCc2ccccc2)NC(=O)N(NC(=O)Cc2c(F)cccc2Cl)C1=O. The summed E-state index contributed by atoms with van der Waals surface area (Å²) in [6.45, 7) is 1.61. The van der Waals surface area contributed by atoms with Gasteiger partial charge in [0, 0.05) is 10.6 Å². The smallest absolute Gasteiger partial charge is 0.322 e. The van der Waals surface area contributed by atoms with Crippen LogP contribution in [0.25, 0.3) is 0 Å². The van der Waals surface area contributed by atoms with E-state index in [9.17, 15) is 18.8 Å². The van der Waals surface area contributed by atoms with Crippen LogP contribution in [0.2, 0.25) is 5.02 Å². The minimum Gasteiger partial charge on any atom is -0.322 e. The van der Waals surface area contributed by atoms with Gasteiger partial charge >= 0.3 is 6.03 Å². The van der Waals surface area contributed by atoms with E-state index < -0.39 is 35.6 Å². The van der Waals surface area contributed by atoms with Crippen LogP contribution in [0.4, 0.5) is 9.18 Å². The van der Waals surface area contributed by atoms with Gasteiger partial charge in [-0.15, -0.1) is 0 Å². The fraction of sp³-hybridized carbons (Fsp3) is 0.250. The Morgan fingerprint density at radius 1 is 1.18 bits per heavy atom. The van der Waals surface area contributed by atoms with Crippen molar-refractivity contribution in [2.45, 2.75) is 31.7 Å². The molecule has 1 saturated heterocycles. The van der Waals surface area contributed by atoms with E-state index in [1.807, 2.05) is 30.3 Å². The van der Waals surface area contributed by atoms with Gasteiger partial charge in [-0.05, 0) is 37.5 Å². The molecule has 1 unspecified atom stereocenters. The van der Waals surface area contributed by atoms with Gasteiger partial charge in [-0.2, -0.15) is 5.01 Å². The Labute approximate surface area is 166 Å². The number of hydrogen-bond acceptors (Lipinski definition) is 3. The molecular formula is C20H19ClFN3O3. The maximum absolute atomic E-state index is 13.8. The van der Waals surface area contributed by atoms with Crippen LogP contribution in [0.3, 0.4) is 0 Å². The maximum Gasteiger partial charge on any atom is 0.344 e. The number of carbonyl (C=O) groups is 3. The van der Waals surface area contributed by atoms with Gasteiger partial charge in [-0.3, -0.25) is 15.0 Å². The van der Waals surface area contributed by atoms with Crippen molar-refractivity contribution in [2.24, 2.45) is 0 Å². The first-order valence-corrected chi connectivity index (χ1v) is 9.11. The van der Waals surface area contributed by atoms with Crippen molar-refractivity contribution in [3.63, 3.8) is 0 Å². The summed E-state index contributed by atoms with van der Waals surface area (Å²) in [5.41, 5.74) is 2.13. The van der Waals surface area contributed by atoms with E-state index in [1.54, 1.807) is 6.92 Å². The number of hydrogen-bond donors (Lipinski definition) is 2. The normalized spacial score (nSPS) is 18.9. The molecule has 2 N–H and O–H groups in total. The average Bonchev–Trinajstić information content (AvgIpc) is 2.88. The molecule has 0 bridgehead atoms. The first kappa shape index (κ1) is 19.8. The van der Waals surface area contributed by atoms with Crippen molar-refractivity contribution in [2.75, 3.05) is 0 Å². The molecule has 146 valence electrons. The lowest BCUT2D eigenvalue weighted by atomic mass is 9.93. The zero-order valence-corrected chi connectivity index (χ0v) is 15.9. The summed E-state index contributed by atoms with van der Waals surface area (Å²) in [4.78, 5) is 37.2. The van der Waals surface area contributed by atoms with Crippen molar-refractivity contribution < 1.29 is 18.8 Å². The molecule has 0 saturated carbocycles. The van der Waals surface area contributed by atoms with E-state index in [0.29, 0.717) is 17.9 Å². The van der Waals surface area contributed by atoms with Crippen LogP contribution >= 0.6 is 11.6 Å². The lowest BCUT2D eigenvalue weighted by Crippen LogP contribution is -2.49. The summed E-state index contributed by atoms with van der Waals surface area (Å²) in [5, 5.41) is 3.35. The molecule has 4 amide bonds. The number of hydrazine groups is 1. The Bertz CT molecular complexity index is 902. The van der Waals surface area contributed by atoms with E-state index in [1.165, 1.54) is 18.2 Å². The maximum atomic E-state index is 13.8. The van der Waals surface area contributed by atoms with E-state index in [4.69, 9.17) is 11.6 Å². The van der Waals surface area contributed by atoms with Crippen LogP contribution in [0, 0.1) is 5.82 Å². The van der Waals surface area contributed by atoms with Crippen molar-refractivity contribution in [1.29, 1.82) is 0 Å². The molecule has 0 radical (unpaired) electrons. The van der Waals surface area contributed by atoms with Crippen LogP contribution < -0.4 is 10.7 Å². The molecule has 1 atom stereocenters. The van der Waals surface area contributed by atoms with Crippen molar-refractivity contribution >= 4 is 29.4 Å². The molecule has 1 fully saturated rings. The number of nitrogens with one attached hydrogen (secondary N) is 2. The second-order valence-electron chi connectivity index (χ2n) is 6.80. The van der Waals surface area contributed by atoms with E-state index >= 15 is 0 Å². The minimum atomic E-state index is -1.14. The predicted molar refractivity (Wildman–Crippen MR) is 102 cm³/mol. The standard InChI is InChI=1S/C20H19ClFN3O3/c1-20(11-10-13-6-3-2-4-7-13)18(27)25(19(28)23-20)24-17(26)12-14-15(21)8-5-9-16(14)22/h2-9H,10-12H2,1H3,(H,23,28)(H,24,26). The van der Waals surface area contributed by atoms with Gasteiger partial charge in [-0.1, -0.05) is 48.0 Å².